The molecule has 17 heavy (non-hydrogen) atoms. The van der Waals surface area contributed by atoms with E-state index in [1.54, 1.807) is 0 Å². The summed E-state index contributed by atoms with van der Waals surface area (Å²) in [5, 5.41) is 0. The molecule has 4 nitrogen and oxygen atoms in total. The quantitative estimate of drug-likeness (QED) is 0.772. The SMILES string of the molecule is CN(Cc1ccc2c(c1)CCO2)CC(N)CN. The Kier molecular flexibility index (Phi) is 3.99. The van der Waals surface area contributed by atoms with E-state index < -0.39 is 0 Å². The van der Waals surface area contributed by atoms with Gasteiger partial charge in [-0.3, -0.25) is 0 Å². The first kappa shape index (κ1) is 12.4. The second kappa shape index (κ2) is 5.49. The first-order chi connectivity index (χ1) is 8.19. The summed E-state index contributed by atoms with van der Waals surface area (Å²) < 4.78 is 5.49. The largest absolute Gasteiger partial charge is 0.493 e. The number of hydrogen-bond donors (Lipinski definition) is 2. The van der Waals surface area contributed by atoms with Crippen LogP contribution < -0.4 is 16.2 Å². The zero-order chi connectivity index (χ0) is 12.3. The number of likely N-dealkylation sites (N-methyl/N-ethyl adjacent to an activating group) is 1. The third-order valence-electron chi connectivity index (χ3n) is 3.06. The molecule has 1 atom stereocenters. The molecule has 0 aromatic heterocycles. The normalized spacial score (nSPS) is 15.8. The minimum atomic E-state index is 0.0535. The highest BCUT2D eigenvalue weighted by Crippen LogP contribution is 2.26. The van der Waals surface area contributed by atoms with Gasteiger partial charge in [-0.2, -0.15) is 0 Å². The van der Waals surface area contributed by atoms with E-state index in [1.807, 2.05) is 0 Å². The summed E-state index contributed by atoms with van der Waals surface area (Å²) in [5.74, 6) is 1.04. The van der Waals surface area contributed by atoms with Crippen LogP contribution in [-0.4, -0.2) is 37.7 Å². The topological polar surface area (TPSA) is 64.5 Å². The van der Waals surface area contributed by atoms with Gasteiger partial charge in [-0.1, -0.05) is 12.1 Å². The Balaban J connectivity index is 1.94. The summed E-state index contributed by atoms with van der Waals surface area (Å²) in [6.45, 7) is 3.07. The van der Waals surface area contributed by atoms with E-state index in [0.717, 1.165) is 31.9 Å². The van der Waals surface area contributed by atoms with Crippen molar-refractivity contribution in [1.29, 1.82) is 0 Å². The molecule has 1 unspecified atom stereocenters. The standard InChI is InChI=1S/C13H21N3O/c1-16(9-12(15)7-14)8-10-2-3-13-11(6-10)4-5-17-13/h2-3,6,12H,4-5,7-9,14-15H2,1H3. The van der Waals surface area contributed by atoms with Crippen LogP contribution in [0.3, 0.4) is 0 Å². The molecule has 0 amide bonds. The number of nitrogens with two attached hydrogens (primary N) is 2. The van der Waals surface area contributed by atoms with Crippen molar-refractivity contribution < 1.29 is 4.74 Å². The lowest BCUT2D eigenvalue weighted by molar-refractivity contribution is 0.305. The summed E-state index contributed by atoms with van der Waals surface area (Å²) >= 11 is 0. The highest BCUT2D eigenvalue weighted by atomic mass is 16.5. The second-order valence-corrected chi connectivity index (χ2v) is 4.73. The lowest BCUT2D eigenvalue weighted by Gasteiger charge is -2.20. The van der Waals surface area contributed by atoms with Gasteiger partial charge < -0.3 is 21.1 Å². The lowest BCUT2D eigenvalue weighted by atomic mass is 10.1. The minimum absolute atomic E-state index is 0.0535. The molecule has 4 heteroatoms. The highest BCUT2D eigenvalue weighted by Gasteiger charge is 2.13. The lowest BCUT2D eigenvalue weighted by Crippen LogP contribution is -2.40. The molecular formula is C13H21N3O. The van der Waals surface area contributed by atoms with Crippen molar-refractivity contribution in [3.05, 3.63) is 29.3 Å². The van der Waals surface area contributed by atoms with Crippen LogP contribution in [0, 0.1) is 0 Å². The molecule has 1 aromatic rings. The van der Waals surface area contributed by atoms with Crippen LogP contribution in [0.1, 0.15) is 11.1 Å². The number of rotatable bonds is 5. The molecule has 4 N–H and O–H groups in total. The van der Waals surface area contributed by atoms with Gasteiger partial charge in [0.2, 0.25) is 0 Å². The van der Waals surface area contributed by atoms with Gasteiger partial charge in [0.15, 0.2) is 0 Å². The summed E-state index contributed by atoms with van der Waals surface area (Å²) in [4.78, 5) is 2.20. The summed E-state index contributed by atoms with van der Waals surface area (Å²) in [7, 11) is 2.07. The molecule has 0 radical (unpaired) electrons. The van der Waals surface area contributed by atoms with Crippen LogP contribution in [0.15, 0.2) is 18.2 Å². The van der Waals surface area contributed by atoms with Crippen molar-refractivity contribution in [1.82, 2.24) is 4.90 Å². The van der Waals surface area contributed by atoms with E-state index in [2.05, 4.69) is 30.1 Å². The Hall–Kier alpha value is -1.10. The fourth-order valence-corrected chi connectivity index (χ4v) is 2.19. The molecule has 0 aliphatic carbocycles. The van der Waals surface area contributed by atoms with E-state index in [1.165, 1.54) is 11.1 Å². The van der Waals surface area contributed by atoms with Crippen LogP contribution in [0.4, 0.5) is 0 Å². The maximum atomic E-state index is 5.83. The van der Waals surface area contributed by atoms with E-state index in [4.69, 9.17) is 16.2 Å². The van der Waals surface area contributed by atoms with Crippen molar-refractivity contribution in [2.45, 2.75) is 19.0 Å². The molecule has 94 valence electrons. The van der Waals surface area contributed by atoms with E-state index in [9.17, 15) is 0 Å². The van der Waals surface area contributed by atoms with Gasteiger partial charge in [0.25, 0.3) is 0 Å². The summed E-state index contributed by atoms with van der Waals surface area (Å²) in [5.41, 5.74) is 14.0. The van der Waals surface area contributed by atoms with Crippen LogP contribution in [0.2, 0.25) is 0 Å². The molecule has 0 saturated carbocycles. The van der Waals surface area contributed by atoms with Crippen molar-refractivity contribution in [2.75, 3.05) is 26.7 Å². The number of fused-ring (bicyclic) bond motifs is 1. The Morgan fingerprint density at radius 3 is 3.06 bits per heavy atom. The van der Waals surface area contributed by atoms with Crippen LogP contribution in [0.5, 0.6) is 5.75 Å². The van der Waals surface area contributed by atoms with Gasteiger partial charge in [-0.05, 0) is 24.2 Å². The van der Waals surface area contributed by atoms with Gasteiger partial charge in [0.1, 0.15) is 5.75 Å². The van der Waals surface area contributed by atoms with E-state index >= 15 is 0 Å². The molecule has 0 bridgehead atoms. The maximum absolute atomic E-state index is 5.83. The second-order valence-electron chi connectivity index (χ2n) is 4.73. The molecular weight excluding hydrogens is 214 g/mol. The van der Waals surface area contributed by atoms with Gasteiger partial charge >= 0.3 is 0 Å². The molecule has 1 aromatic carbocycles. The molecule has 2 rings (SSSR count). The highest BCUT2D eigenvalue weighted by molar-refractivity contribution is 5.39. The Morgan fingerprint density at radius 1 is 1.47 bits per heavy atom. The number of ether oxygens (including phenoxy) is 1. The van der Waals surface area contributed by atoms with Gasteiger partial charge in [-0.25, -0.2) is 0 Å². The minimum Gasteiger partial charge on any atom is -0.493 e. The predicted molar refractivity (Wildman–Crippen MR) is 69.0 cm³/mol. The fraction of sp³-hybridized carbons (Fsp3) is 0.538. The maximum Gasteiger partial charge on any atom is 0.122 e. The molecule has 0 saturated heterocycles. The van der Waals surface area contributed by atoms with Crippen molar-refractivity contribution in [2.24, 2.45) is 11.5 Å². The van der Waals surface area contributed by atoms with Crippen LogP contribution in [0.25, 0.3) is 0 Å². The number of hydrogen-bond acceptors (Lipinski definition) is 4. The van der Waals surface area contributed by atoms with Crippen LogP contribution in [-0.2, 0) is 13.0 Å². The third kappa shape index (κ3) is 3.19. The smallest absolute Gasteiger partial charge is 0.122 e. The Morgan fingerprint density at radius 2 is 2.29 bits per heavy atom. The van der Waals surface area contributed by atoms with Crippen molar-refractivity contribution >= 4 is 0 Å². The fourth-order valence-electron chi connectivity index (χ4n) is 2.19. The monoisotopic (exact) mass is 235 g/mol. The summed E-state index contributed by atoms with van der Waals surface area (Å²) in [6, 6.07) is 6.47. The number of benzene rings is 1. The Bertz CT molecular complexity index is 381. The van der Waals surface area contributed by atoms with Gasteiger partial charge in [0.05, 0.1) is 6.61 Å². The van der Waals surface area contributed by atoms with Gasteiger partial charge in [-0.15, -0.1) is 0 Å². The van der Waals surface area contributed by atoms with Crippen molar-refractivity contribution in [3.63, 3.8) is 0 Å². The van der Waals surface area contributed by atoms with Gasteiger partial charge in [0, 0.05) is 32.1 Å². The molecule has 1 aliphatic rings. The first-order valence-electron chi connectivity index (χ1n) is 6.08. The zero-order valence-corrected chi connectivity index (χ0v) is 10.4. The number of nitrogens with zero attached hydrogens (tertiary/aromatic N) is 1. The third-order valence-corrected chi connectivity index (χ3v) is 3.06. The van der Waals surface area contributed by atoms with Crippen molar-refractivity contribution in [3.8, 4) is 5.75 Å². The average Bonchev–Trinajstić information content (AvgIpc) is 2.75. The van der Waals surface area contributed by atoms with E-state index in [0.29, 0.717) is 6.54 Å². The predicted octanol–water partition coefficient (Wildman–Crippen LogP) is 0.339. The zero-order valence-electron chi connectivity index (χ0n) is 10.4. The molecule has 1 aliphatic heterocycles. The Labute approximate surface area is 103 Å². The molecule has 0 fully saturated rings. The average molecular weight is 235 g/mol. The molecule has 0 spiro atoms. The van der Waals surface area contributed by atoms with Crippen LogP contribution >= 0.6 is 0 Å². The summed E-state index contributed by atoms with van der Waals surface area (Å²) in [6.07, 6.45) is 1.02. The van der Waals surface area contributed by atoms with E-state index in [-0.39, 0.29) is 6.04 Å². The first-order valence-corrected chi connectivity index (χ1v) is 6.08. The molecule has 1 heterocycles.